The third-order valence-electron chi connectivity index (χ3n) is 4.01. The largest absolute Gasteiger partial charge is 0.497 e. The lowest BCUT2D eigenvalue weighted by Gasteiger charge is -2.09. The summed E-state index contributed by atoms with van der Waals surface area (Å²) in [4.78, 5) is 0. The predicted molar refractivity (Wildman–Crippen MR) is 89.7 cm³/mol. The summed E-state index contributed by atoms with van der Waals surface area (Å²) in [5.74, 6) is 1.69. The van der Waals surface area contributed by atoms with Gasteiger partial charge in [0.1, 0.15) is 5.75 Å². The van der Waals surface area contributed by atoms with Crippen LogP contribution >= 0.6 is 0 Å². The smallest absolute Gasteiger partial charge is 0.185 e. The normalized spacial score (nSPS) is 11.2. The van der Waals surface area contributed by atoms with Gasteiger partial charge in [-0.15, -0.1) is 10.2 Å². The highest BCUT2D eigenvalue weighted by Crippen LogP contribution is 2.29. The highest BCUT2D eigenvalue weighted by molar-refractivity contribution is 6.01. The molecule has 4 rings (SSSR count). The first kappa shape index (κ1) is 13.7. The first-order valence-corrected chi connectivity index (χ1v) is 7.59. The van der Waals surface area contributed by atoms with Crippen LogP contribution in [0.1, 0.15) is 12.7 Å². The molecule has 5 heteroatoms. The third-order valence-corrected chi connectivity index (χ3v) is 4.01. The molecule has 2 heterocycles. The average Bonchev–Trinajstić information content (AvgIpc) is 3.04. The van der Waals surface area contributed by atoms with Crippen LogP contribution in [0.3, 0.4) is 0 Å². The van der Waals surface area contributed by atoms with Gasteiger partial charge >= 0.3 is 0 Å². The van der Waals surface area contributed by atoms with Gasteiger partial charge in [0, 0.05) is 22.8 Å². The van der Waals surface area contributed by atoms with Crippen LogP contribution in [0.5, 0.6) is 5.75 Å². The Morgan fingerprint density at radius 1 is 0.957 bits per heavy atom. The van der Waals surface area contributed by atoms with Gasteiger partial charge in [-0.05, 0) is 24.3 Å². The van der Waals surface area contributed by atoms with Crippen LogP contribution in [0.4, 0.5) is 0 Å². The van der Waals surface area contributed by atoms with E-state index in [0.717, 1.165) is 45.7 Å². The van der Waals surface area contributed by atoms with Gasteiger partial charge in [0.25, 0.3) is 0 Å². The van der Waals surface area contributed by atoms with Crippen molar-refractivity contribution in [3.05, 3.63) is 54.4 Å². The molecule has 2 aromatic heterocycles. The van der Waals surface area contributed by atoms with Gasteiger partial charge in [-0.1, -0.05) is 31.2 Å². The number of benzene rings is 2. The predicted octanol–water partition coefficient (Wildman–Crippen LogP) is 3.52. The number of fused-ring (bicyclic) bond motifs is 3. The van der Waals surface area contributed by atoms with Crippen molar-refractivity contribution in [1.82, 2.24) is 19.8 Å². The van der Waals surface area contributed by atoms with E-state index in [1.54, 1.807) is 7.11 Å². The molecule has 114 valence electrons. The molecule has 0 N–H and O–H groups in total. The number of hydrogen-bond donors (Lipinski definition) is 0. The van der Waals surface area contributed by atoms with Crippen LogP contribution < -0.4 is 4.74 Å². The molecular weight excluding hydrogens is 288 g/mol. The molecule has 0 aliphatic rings. The minimum Gasteiger partial charge on any atom is -0.497 e. The van der Waals surface area contributed by atoms with Crippen LogP contribution in [0, 0.1) is 0 Å². The Kier molecular flexibility index (Phi) is 3.19. The van der Waals surface area contributed by atoms with Gasteiger partial charge < -0.3 is 4.74 Å². The number of hydrogen-bond acceptors (Lipinski definition) is 4. The minimum absolute atomic E-state index is 0.786. The van der Waals surface area contributed by atoms with E-state index in [4.69, 9.17) is 9.84 Å². The molecule has 23 heavy (non-hydrogen) atoms. The molecule has 0 amide bonds. The number of rotatable bonds is 3. The summed E-state index contributed by atoms with van der Waals surface area (Å²) in [5.41, 5.74) is 2.76. The fourth-order valence-corrected chi connectivity index (χ4v) is 2.81. The van der Waals surface area contributed by atoms with Gasteiger partial charge in [-0.2, -0.15) is 9.61 Å². The molecule has 5 nitrogen and oxygen atoms in total. The summed E-state index contributed by atoms with van der Waals surface area (Å²) in [6.45, 7) is 2.06. The third kappa shape index (κ3) is 2.12. The lowest BCUT2D eigenvalue weighted by Crippen LogP contribution is -2.01. The van der Waals surface area contributed by atoms with Gasteiger partial charge in [-0.25, -0.2) is 0 Å². The van der Waals surface area contributed by atoms with Crippen molar-refractivity contribution in [2.24, 2.45) is 0 Å². The summed E-state index contributed by atoms with van der Waals surface area (Å²) in [7, 11) is 1.67. The molecule has 2 aromatic carbocycles. The van der Waals surface area contributed by atoms with E-state index < -0.39 is 0 Å². The standard InChI is InChI=1S/C18H16N4O/c1-3-16-19-20-18-15-7-5-4-6-14(15)17(21-22(16)18)12-8-10-13(23-2)11-9-12/h4-11H,3H2,1-2H3. The fraction of sp³-hybridized carbons (Fsp3) is 0.167. The van der Waals surface area contributed by atoms with Crippen molar-refractivity contribution in [3.63, 3.8) is 0 Å². The molecule has 0 saturated carbocycles. The molecule has 0 saturated heterocycles. The Balaban J connectivity index is 2.06. The first-order valence-electron chi connectivity index (χ1n) is 7.59. The second-order valence-electron chi connectivity index (χ2n) is 5.33. The van der Waals surface area contributed by atoms with E-state index >= 15 is 0 Å². The molecule has 0 bridgehead atoms. The lowest BCUT2D eigenvalue weighted by atomic mass is 10.0. The van der Waals surface area contributed by atoms with Crippen LogP contribution in [0.2, 0.25) is 0 Å². The second-order valence-corrected chi connectivity index (χ2v) is 5.33. The molecule has 0 fully saturated rings. The fourth-order valence-electron chi connectivity index (χ4n) is 2.81. The number of aromatic nitrogens is 4. The summed E-state index contributed by atoms with van der Waals surface area (Å²) >= 11 is 0. The Bertz CT molecular complexity index is 989. The summed E-state index contributed by atoms with van der Waals surface area (Å²) in [5, 5.41) is 15.5. The molecule has 0 atom stereocenters. The maximum absolute atomic E-state index is 5.24. The van der Waals surface area contributed by atoms with Crippen molar-refractivity contribution in [1.29, 1.82) is 0 Å². The summed E-state index contributed by atoms with van der Waals surface area (Å²) in [6.07, 6.45) is 0.786. The Morgan fingerprint density at radius 2 is 1.70 bits per heavy atom. The van der Waals surface area contributed by atoms with Crippen LogP contribution in [-0.2, 0) is 6.42 Å². The zero-order valence-corrected chi connectivity index (χ0v) is 13.0. The first-order chi connectivity index (χ1) is 11.3. The van der Waals surface area contributed by atoms with Gasteiger partial charge in [0.2, 0.25) is 0 Å². The van der Waals surface area contributed by atoms with E-state index in [9.17, 15) is 0 Å². The Morgan fingerprint density at radius 3 is 2.39 bits per heavy atom. The van der Waals surface area contributed by atoms with Crippen molar-refractivity contribution in [2.45, 2.75) is 13.3 Å². The number of aryl methyl sites for hydroxylation is 1. The highest BCUT2D eigenvalue weighted by atomic mass is 16.5. The lowest BCUT2D eigenvalue weighted by molar-refractivity contribution is 0.415. The molecule has 4 aromatic rings. The molecular formula is C18H16N4O. The van der Waals surface area contributed by atoms with Crippen molar-refractivity contribution in [3.8, 4) is 17.0 Å². The van der Waals surface area contributed by atoms with E-state index in [1.807, 2.05) is 40.9 Å². The molecule has 0 radical (unpaired) electrons. The van der Waals surface area contributed by atoms with Gasteiger partial charge in [0.05, 0.1) is 12.8 Å². The Labute approximate surface area is 133 Å². The molecule has 0 spiro atoms. The number of nitrogens with zero attached hydrogens (tertiary/aromatic N) is 4. The van der Waals surface area contributed by atoms with Crippen molar-refractivity contribution in [2.75, 3.05) is 7.11 Å². The highest BCUT2D eigenvalue weighted by Gasteiger charge is 2.14. The maximum atomic E-state index is 5.24. The van der Waals surface area contributed by atoms with Crippen molar-refractivity contribution < 1.29 is 4.74 Å². The second kappa shape index (κ2) is 5.35. The van der Waals surface area contributed by atoms with Gasteiger partial charge in [0.15, 0.2) is 11.5 Å². The Hall–Kier alpha value is -2.95. The molecule has 0 unspecified atom stereocenters. The van der Waals surface area contributed by atoms with E-state index in [2.05, 4.69) is 29.3 Å². The zero-order chi connectivity index (χ0) is 15.8. The minimum atomic E-state index is 0.786. The number of methoxy groups -OCH3 is 1. The summed E-state index contributed by atoms with van der Waals surface area (Å²) < 4.78 is 7.09. The van der Waals surface area contributed by atoms with Crippen LogP contribution in [0.25, 0.3) is 27.7 Å². The van der Waals surface area contributed by atoms with Crippen molar-refractivity contribution >= 4 is 16.4 Å². The topological polar surface area (TPSA) is 52.3 Å². The van der Waals surface area contributed by atoms with Crippen LogP contribution in [-0.4, -0.2) is 26.9 Å². The quantitative estimate of drug-likeness (QED) is 0.581. The van der Waals surface area contributed by atoms with E-state index in [1.165, 1.54) is 0 Å². The number of ether oxygens (including phenoxy) is 1. The molecule has 0 aliphatic carbocycles. The van der Waals surface area contributed by atoms with Crippen LogP contribution in [0.15, 0.2) is 48.5 Å². The van der Waals surface area contributed by atoms with E-state index in [-0.39, 0.29) is 0 Å². The summed E-state index contributed by atoms with van der Waals surface area (Å²) in [6, 6.07) is 16.1. The molecule has 0 aliphatic heterocycles. The SMILES string of the molecule is CCc1nnc2c3ccccc3c(-c3ccc(OC)cc3)nn12. The maximum Gasteiger partial charge on any atom is 0.185 e. The zero-order valence-electron chi connectivity index (χ0n) is 13.0. The monoisotopic (exact) mass is 304 g/mol. The van der Waals surface area contributed by atoms with E-state index in [0.29, 0.717) is 0 Å². The average molecular weight is 304 g/mol. The van der Waals surface area contributed by atoms with Gasteiger partial charge in [-0.3, -0.25) is 0 Å².